The number of carbonyl (C=O) groups excluding carboxylic acids is 2. The van der Waals surface area contributed by atoms with Gasteiger partial charge < -0.3 is 19.6 Å². The minimum atomic E-state index is -4.61. The number of halogens is 4. The second-order valence-corrected chi connectivity index (χ2v) is 11.6. The molecule has 0 aliphatic carbocycles. The van der Waals surface area contributed by atoms with Gasteiger partial charge >= 0.3 is 6.18 Å². The standard InChI is InChI=1S/C32H29ClF3N5O2/c1-31(2,3)38-13-5-8-29(42)39-24-10-9-19(15-23(24)33)30(43)27-12-11-26-20(7-6-14-41(26)27)21-16-25-28(40(4)18-37-25)17-22(21)32(34,35)36/h5-12,14-18,38H,13H2,1-4H3,(H,39,42)/b8-5+. The highest BCUT2D eigenvalue weighted by Crippen LogP contribution is 2.41. The summed E-state index contributed by atoms with van der Waals surface area (Å²) in [6.45, 7) is 6.57. The number of anilines is 1. The van der Waals surface area contributed by atoms with E-state index >= 15 is 0 Å². The number of aryl methyl sites for hydroxylation is 1. The van der Waals surface area contributed by atoms with Gasteiger partial charge in [0.25, 0.3) is 0 Å². The van der Waals surface area contributed by atoms with Crippen molar-refractivity contribution in [2.24, 2.45) is 7.05 Å². The van der Waals surface area contributed by atoms with Crippen LogP contribution in [-0.2, 0) is 18.0 Å². The first-order chi connectivity index (χ1) is 20.2. The molecule has 222 valence electrons. The lowest BCUT2D eigenvalue weighted by molar-refractivity contribution is -0.137. The Morgan fingerprint density at radius 2 is 1.77 bits per heavy atom. The Labute approximate surface area is 251 Å². The minimum Gasteiger partial charge on any atom is -0.334 e. The first kappa shape index (κ1) is 30.1. The number of aromatic nitrogens is 3. The highest BCUT2D eigenvalue weighted by molar-refractivity contribution is 6.34. The number of carbonyl (C=O) groups is 2. The van der Waals surface area contributed by atoms with Crippen LogP contribution < -0.4 is 10.6 Å². The van der Waals surface area contributed by atoms with Crippen molar-refractivity contribution < 1.29 is 22.8 Å². The van der Waals surface area contributed by atoms with E-state index in [4.69, 9.17) is 11.6 Å². The second kappa shape index (κ2) is 11.3. The molecular formula is C32H29ClF3N5O2. The number of hydrogen-bond acceptors (Lipinski definition) is 4. The molecule has 0 spiro atoms. The fourth-order valence-electron chi connectivity index (χ4n) is 4.79. The number of nitrogens with zero attached hydrogens (tertiary/aromatic N) is 3. The van der Waals surface area contributed by atoms with E-state index < -0.39 is 11.7 Å². The molecule has 5 rings (SSSR count). The van der Waals surface area contributed by atoms with Gasteiger partial charge in [-0.25, -0.2) is 4.98 Å². The van der Waals surface area contributed by atoms with E-state index in [2.05, 4.69) is 15.6 Å². The Kier molecular flexibility index (Phi) is 7.93. The highest BCUT2D eigenvalue weighted by atomic mass is 35.5. The fraction of sp³-hybridized carbons (Fsp3) is 0.219. The van der Waals surface area contributed by atoms with Crippen LogP contribution in [-0.4, -0.2) is 37.7 Å². The fourth-order valence-corrected chi connectivity index (χ4v) is 5.02. The summed E-state index contributed by atoms with van der Waals surface area (Å²) in [7, 11) is 1.64. The van der Waals surface area contributed by atoms with Crippen LogP contribution in [0, 0.1) is 0 Å². The number of imidazole rings is 1. The number of hydrogen-bond donors (Lipinski definition) is 2. The van der Waals surface area contributed by atoms with Crippen LogP contribution in [0.15, 0.2) is 79.3 Å². The Hall–Kier alpha value is -4.41. The average Bonchev–Trinajstić information content (AvgIpc) is 3.53. The van der Waals surface area contributed by atoms with Gasteiger partial charge in [0, 0.05) is 42.5 Å². The van der Waals surface area contributed by atoms with E-state index in [9.17, 15) is 22.8 Å². The molecule has 43 heavy (non-hydrogen) atoms. The molecule has 0 saturated heterocycles. The second-order valence-electron chi connectivity index (χ2n) is 11.2. The Balaban J connectivity index is 1.44. The highest BCUT2D eigenvalue weighted by Gasteiger charge is 2.35. The number of fused-ring (bicyclic) bond motifs is 2. The summed E-state index contributed by atoms with van der Waals surface area (Å²) in [5, 5.41) is 6.10. The van der Waals surface area contributed by atoms with Gasteiger partial charge in [-0.2, -0.15) is 13.2 Å². The van der Waals surface area contributed by atoms with Gasteiger partial charge in [0.1, 0.15) is 0 Å². The summed E-state index contributed by atoms with van der Waals surface area (Å²) in [6, 6.07) is 13.4. The van der Waals surface area contributed by atoms with Crippen LogP contribution in [0.4, 0.5) is 18.9 Å². The molecule has 0 unspecified atom stereocenters. The maximum atomic E-state index is 14.2. The third kappa shape index (κ3) is 6.35. The van der Waals surface area contributed by atoms with E-state index in [1.165, 1.54) is 41.2 Å². The maximum Gasteiger partial charge on any atom is 0.417 e. The van der Waals surface area contributed by atoms with E-state index in [0.717, 1.165) is 6.07 Å². The molecule has 0 aliphatic heterocycles. The molecule has 2 N–H and O–H groups in total. The molecule has 0 bridgehead atoms. The molecule has 0 fully saturated rings. The predicted molar refractivity (Wildman–Crippen MR) is 163 cm³/mol. The molecule has 0 atom stereocenters. The van der Waals surface area contributed by atoms with Crippen LogP contribution in [0.2, 0.25) is 5.02 Å². The Morgan fingerprint density at radius 1 is 1.00 bits per heavy atom. The van der Waals surface area contributed by atoms with E-state index in [0.29, 0.717) is 34.3 Å². The first-order valence-electron chi connectivity index (χ1n) is 13.4. The lowest BCUT2D eigenvalue weighted by atomic mass is 9.98. The zero-order valence-electron chi connectivity index (χ0n) is 23.9. The van der Waals surface area contributed by atoms with Crippen molar-refractivity contribution in [2.45, 2.75) is 32.5 Å². The van der Waals surface area contributed by atoms with Crippen molar-refractivity contribution in [1.82, 2.24) is 19.3 Å². The quantitative estimate of drug-likeness (QED) is 0.151. The summed E-state index contributed by atoms with van der Waals surface area (Å²) < 4.78 is 45.7. The normalized spacial score (nSPS) is 12.5. The molecule has 3 heterocycles. The minimum absolute atomic E-state index is 0.0345. The smallest absolute Gasteiger partial charge is 0.334 e. The van der Waals surface area contributed by atoms with Crippen molar-refractivity contribution in [1.29, 1.82) is 0 Å². The van der Waals surface area contributed by atoms with Gasteiger partial charge in [0.15, 0.2) is 0 Å². The molecule has 7 nitrogen and oxygen atoms in total. The third-order valence-corrected chi connectivity index (χ3v) is 7.21. The molecular weight excluding hydrogens is 579 g/mol. The Bertz CT molecular complexity index is 1900. The lowest BCUT2D eigenvalue weighted by Gasteiger charge is -2.18. The van der Waals surface area contributed by atoms with Crippen LogP contribution in [0.3, 0.4) is 0 Å². The van der Waals surface area contributed by atoms with Crippen molar-refractivity contribution in [3.8, 4) is 11.1 Å². The molecule has 0 aliphatic rings. The third-order valence-electron chi connectivity index (χ3n) is 6.89. The zero-order chi connectivity index (χ0) is 31.1. The summed E-state index contributed by atoms with van der Waals surface area (Å²) in [5.41, 5.74) is 1.44. The molecule has 3 aromatic heterocycles. The van der Waals surface area contributed by atoms with Crippen LogP contribution in [0.25, 0.3) is 27.7 Å². The number of alkyl halides is 3. The molecule has 0 saturated carbocycles. The number of nitrogens with one attached hydrogen (secondary N) is 2. The van der Waals surface area contributed by atoms with E-state index in [-0.39, 0.29) is 39.1 Å². The van der Waals surface area contributed by atoms with Gasteiger partial charge in [-0.05, 0) is 74.9 Å². The van der Waals surface area contributed by atoms with Crippen molar-refractivity contribution in [3.63, 3.8) is 0 Å². The number of amides is 1. The molecule has 5 aromatic rings. The van der Waals surface area contributed by atoms with Crippen molar-refractivity contribution >= 4 is 45.5 Å². The average molecular weight is 608 g/mol. The van der Waals surface area contributed by atoms with Gasteiger partial charge in [-0.1, -0.05) is 23.7 Å². The van der Waals surface area contributed by atoms with Crippen LogP contribution in [0.5, 0.6) is 0 Å². The van der Waals surface area contributed by atoms with Gasteiger partial charge in [-0.3, -0.25) is 9.59 Å². The number of ketones is 1. The largest absolute Gasteiger partial charge is 0.417 e. The number of pyridine rings is 1. The molecule has 1 amide bonds. The predicted octanol–water partition coefficient (Wildman–Crippen LogP) is 7.28. The lowest BCUT2D eigenvalue weighted by Crippen LogP contribution is -2.35. The monoisotopic (exact) mass is 607 g/mol. The molecule has 11 heteroatoms. The maximum absolute atomic E-state index is 14.2. The summed E-state index contributed by atoms with van der Waals surface area (Å²) in [4.78, 5) is 30.1. The molecule has 2 aromatic carbocycles. The SMILES string of the molecule is Cn1cnc2cc(-c3cccn4c(C(=O)c5ccc(NC(=O)/C=C/CNC(C)(C)C)c(Cl)c5)ccc34)c(C(F)(F)F)cc21. The van der Waals surface area contributed by atoms with Crippen LogP contribution >= 0.6 is 11.6 Å². The van der Waals surface area contributed by atoms with Gasteiger partial charge in [-0.15, -0.1) is 0 Å². The number of rotatable bonds is 7. The Morgan fingerprint density at radius 3 is 2.47 bits per heavy atom. The summed E-state index contributed by atoms with van der Waals surface area (Å²) in [6.07, 6.45) is 1.57. The van der Waals surface area contributed by atoms with Crippen molar-refractivity contribution in [2.75, 3.05) is 11.9 Å². The summed E-state index contributed by atoms with van der Waals surface area (Å²) in [5.74, 6) is -0.759. The van der Waals surface area contributed by atoms with Gasteiger partial charge in [0.2, 0.25) is 11.7 Å². The number of benzene rings is 2. The molecule has 0 radical (unpaired) electrons. The first-order valence-corrected chi connectivity index (χ1v) is 13.8. The zero-order valence-corrected chi connectivity index (χ0v) is 24.6. The van der Waals surface area contributed by atoms with E-state index in [1.807, 2.05) is 20.8 Å². The van der Waals surface area contributed by atoms with Crippen molar-refractivity contribution in [3.05, 3.63) is 101 Å². The van der Waals surface area contributed by atoms with E-state index in [1.54, 1.807) is 48.0 Å². The topological polar surface area (TPSA) is 80.4 Å². The van der Waals surface area contributed by atoms with Gasteiger partial charge in [0.05, 0.1) is 44.8 Å². The van der Waals surface area contributed by atoms with Crippen LogP contribution in [0.1, 0.15) is 42.4 Å². The summed E-state index contributed by atoms with van der Waals surface area (Å²) >= 11 is 6.41.